The third-order valence-electron chi connectivity index (χ3n) is 1.31. The summed E-state index contributed by atoms with van der Waals surface area (Å²) in [5.74, 6) is 1.10. The number of halogens is 1. The maximum absolute atomic E-state index is 5.75. The molecule has 0 saturated heterocycles. The third kappa shape index (κ3) is 1.35. The zero-order valence-corrected chi connectivity index (χ0v) is 7.82. The zero-order chi connectivity index (χ0) is 8.55. The largest absolute Gasteiger partial charge is 0.420 e. The Labute approximate surface area is 78.0 Å². The normalized spacial score (nSPS) is 10.5. The quantitative estimate of drug-likeness (QED) is 0.711. The van der Waals surface area contributed by atoms with Gasteiger partial charge in [-0.1, -0.05) is 11.6 Å². The van der Waals surface area contributed by atoms with Gasteiger partial charge in [-0.3, -0.25) is 0 Å². The van der Waals surface area contributed by atoms with Crippen LogP contribution in [0.25, 0.3) is 10.8 Å². The Morgan fingerprint density at radius 1 is 1.42 bits per heavy atom. The molecule has 2 rings (SSSR count). The summed E-state index contributed by atoms with van der Waals surface area (Å²) in [5, 5.41) is 7.58. The van der Waals surface area contributed by atoms with Crippen molar-refractivity contribution in [1.29, 1.82) is 0 Å². The maximum atomic E-state index is 5.75. The predicted octanol–water partition coefficient (Wildman–Crippen LogP) is 2.76. The summed E-state index contributed by atoms with van der Waals surface area (Å²) in [6, 6.07) is 3.67. The molecular weight excluding hydrogens is 196 g/mol. The number of hydrogen-bond donors (Lipinski definition) is 0. The van der Waals surface area contributed by atoms with Crippen LogP contribution in [0.15, 0.2) is 16.5 Å². The Hall–Kier alpha value is -0.870. The fourth-order valence-electron chi connectivity index (χ4n) is 0.825. The van der Waals surface area contributed by atoms with Gasteiger partial charge >= 0.3 is 0 Å². The number of thiophene rings is 1. The fourth-order valence-corrected chi connectivity index (χ4v) is 1.79. The standard InChI is InChI=1S/C7H5ClN2OS/c1-4-9-10-7(11-4)5-2-3-6(8)12-5/h2-3H,1H3. The molecule has 5 heteroatoms. The molecule has 12 heavy (non-hydrogen) atoms. The highest BCUT2D eigenvalue weighted by Crippen LogP contribution is 2.29. The second kappa shape index (κ2) is 2.88. The number of aryl methyl sites for hydroxylation is 1. The number of nitrogens with zero attached hydrogens (tertiary/aromatic N) is 2. The molecule has 62 valence electrons. The minimum Gasteiger partial charge on any atom is -0.420 e. The van der Waals surface area contributed by atoms with Crippen molar-refractivity contribution in [3.8, 4) is 10.8 Å². The van der Waals surface area contributed by atoms with E-state index in [0.29, 0.717) is 11.8 Å². The van der Waals surface area contributed by atoms with E-state index >= 15 is 0 Å². The molecule has 0 N–H and O–H groups in total. The van der Waals surface area contributed by atoms with Gasteiger partial charge in [-0.15, -0.1) is 21.5 Å². The van der Waals surface area contributed by atoms with Crippen LogP contribution in [0.1, 0.15) is 5.89 Å². The van der Waals surface area contributed by atoms with E-state index in [2.05, 4.69) is 10.2 Å². The first-order chi connectivity index (χ1) is 5.75. The van der Waals surface area contributed by atoms with Crippen LogP contribution in [0.5, 0.6) is 0 Å². The highest BCUT2D eigenvalue weighted by molar-refractivity contribution is 7.19. The average Bonchev–Trinajstić information content (AvgIpc) is 2.58. The number of hydrogen-bond acceptors (Lipinski definition) is 4. The van der Waals surface area contributed by atoms with E-state index in [1.54, 1.807) is 13.0 Å². The van der Waals surface area contributed by atoms with Crippen LogP contribution < -0.4 is 0 Å². The molecule has 0 fully saturated rings. The van der Waals surface area contributed by atoms with E-state index in [0.717, 1.165) is 9.21 Å². The lowest BCUT2D eigenvalue weighted by Gasteiger charge is -1.83. The first kappa shape index (κ1) is 7.76. The molecule has 2 heterocycles. The second-order valence-corrected chi connectivity index (χ2v) is 3.95. The Kier molecular flexibility index (Phi) is 1.86. The molecule has 0 bridgehead atoms. The topological polar surface area (TPSA) is 38.9 Å². The van der Waals surface area contributed by atoms with Gasteiger partial charge < -0.3 is 4.42 Å². The van der Waals surface area contributed by atoms with Gasteiger partial charge in [-0.2, -0.15) is 0 Å². The molecule has 0 saturated carbocycles. The van der Waals surface area contributed by atoms with Crippen molar-refractivity contribution in [1.82, 2.24) is 10.2 Å². The van der Waals surface area contributed by atoms with Crippen molar-refractivity contribution in [3.05, 3.63) is 22.4 Å². The summed E-state index contributed by atoms with van der Waals surface area (Å²) in [6.45, 7) is 1.76. The van der Waals surface area contributed by atoms with Gasteiger partial charge in [0.05, 0.1) is 9.21 Å². The average molecular weight is 201 g/mol. The molecule has 0 unspecified atom stereocenters. The number of rotatable bonds is 1. The molecule has 2 aromatic rings. The van der Waals surface area contributed by atoms with Gasteiger partial charge in [0.2, 0.25) is 5.89 Å². The van der Waals surface area contributed by atoms with E-state index in [9.17, 15) is 0 Å². The van der Waals surface area contributed by atoms with E-state index in [-0.39, 0.29) is 0 Å². The summed E-state index contributed by atoms with van der Waals surface area (Å²) in [7, 11) is 0. The Balaban J connectivity index is 2.43. The van der Waals surface area contributed by atoms with Crippen LogP contribution in [0, 0.1) is 6.92 Å². The Morgan fingerprint density at radius 3 is 2.75 bits per heavy atom. The van der Waals surface area contributed by atoms with Crippen molar-refractivity contribution in [2.75, 3.05) is 0 Å². The van der Waals surface area contributed by atoms with Crippen LogP contribution in [0.2, 0.25) is 4.34 Å². The van der Waals surface area contributed by atoms with E-state index < -0.39 is 0 Å². The lowest BCUT2D eigenvalue weighted by Crippen LogP contribution is -1.70. The fraction of sp³-hybridized carbons (Fsp3) is 0.143. The highest BCUT2D eigenvalue weighted by Gasteiger charge is 2.07. The molecule has 0 radical (unpaired) electrons. The van der Waals surface area contributed by atoms with Crippen LogP contribution >= 0.6 is 22.9 Å². The molecule has 0 amide bonds. The number of aromatic nitrogens is 2. The van der Waals surface area contributed by atoms with Gasteiger partial charge in [0.15, 0.2) is 0 Å². The minimum atomic E-state index is 0.532. The first-order valence-corrected chi connectivity index (χ1v) is 4.51. The van der Waals surface area contributed by atoms with Gasteiger partial charge in [0.1, 0.15) is 0 Å². The molecule has 0 aliphatic heterocycles. The monoisotopic (exact) mass is 200 g/mol. The van der Waals surface area contributed by atoms with Crippen molar-refractivity contribution in [2.45, 2.75) is 6.92 Å². The van der Waals surface area contributed by atoms with Crippen LogP contribution in [0.3, 0.4) is 0 Å². The smallest absolute Gasteiger partial charge is 0.257 e. The highest BCUT2D eigenvalue weighted by atomic mass is 35.5. The molecule has 0 aliphatic rings. The van der Waals surface area contributed by atoms with Crippen LogP contribution in [-0.2, 0) is 0 Å². The molecule has 3 nitrogen and oxygen atoms in total. The van der Waals surface area contributed by atoms with Gasteiger partial charge in [0, 0.05) is 6.92 Å². The first-order valence-electron chi connectivity index (χ1n) is 3.31. The molecule has 0 aromatic carbocycles. The second-order valence-electron chi connectivity index (χ2n) is 2.23. The van der Waals surface area contributed by atoms with Crippen molar-refractivity contribution in [2.24, 2.45) is 0 Å². The van der Waals surface area contributed by atoms with E-state index in [1.165, 1.54) is 11.3 Å². The molecule has 0 atom stereocenters. The van der Waals surface area contributed by atoms with Crippen molar-refractivity contribution >= 4 is 22.9 Å². The SMILES string of the molecule is Cc1nnc(-c2ccc(Cl)s2)o1. The molecular formula is C7H5ClN2OS. The molecule has 0 spiro atoms. The zero-order valence-electron chi connectivity index (χ0n) is 6.24. The van der Waals surface area contributed by atoms with Crippen molar-refractivity contribution in [3.63, 3.8) is 0 Å². The van der Waals surface area contributed by atoms with Gasteiger partial charge in [-0.05, 0) is 12.1 Å². The Morgan fingerprint density at radius 2 is 2.25 bits per heavy atom. The molecule has 0 aliphatic carbocycles. The summed E-state index contributed by atoms with van der Waals surface area (Å²) in [5.41, 5.74) is 0. The lowest BCUT2D eigenvalue weighted by atomic mass is 10.5. The van der Waals surface area contributed by atoms with Crippen molar-refractivity contribution < 1.29 is 4.42 Å². The molecule has 2 aromatic heterocycles. The summed E-state index contributed by atoms with van der Waals surface area (Å²) < 4.78 is 5.94. The Bertz CT molecular complexity index is 357. The third-order valence-corrected chi connectivity index (χ3v) is 2.53. The van der Waals surface area contributed by atoms with Gasteiger partial charge in [-0.25, -0.2) is 0 Å². The van der Waals surface area contributed by atoms with E-state index in [1.807, 2.05) is 6.07 Å². The predicted molar refractivity (Wildman–Crippen MR) is 47.4 cm³/mol. The summed E-state index contributed by atoms with van der Waals surface area (Å²) in [6.07, 6.45) is 0. The lowest BCUT2D eigenvalue weighted by molar-refractivity contribution is 0.534. The van der Waals surface area contributed by atoms with Crippen LogP contribution in [0.4, 0.5) is 0 Å². The van der Waals surface area contributed by atoms with Crippen LogP contribution in [-0.4, -0.2) is 10.2 Å². The maximum Gasteiger partial charge on any atom is 0.257 e. The van der Waals surface area contributed by atoms with E-state index in [4.69, 9.17) is 16.0 Å². The van der Waals surface area contributed by atoms with Gasteiger partial charge in [0.25, 0.3) is 5.89 Å². The minimum absolute atomic E-state index is 0.532. The summed E-state index contributed by atoms with van der Waals surface area (Å²) >= 11 is 7.17. The summed E-state index contributed by atoms with van der Waals surface area (Å²) in [4.78, 5) is 0.903.